The Labute approximate surface area is 153 Å². The van der Waals surface area contributed by atoms with E-state index in [2.05, 4.69) is 0 Å². The van der Waals surface area contributed by atoms with Gasteiger partial charge in [0.1, 0.15) is 12.1 Å². The van der Waals surface area contributed by atoms with Crippen LogP contribution in [0.4, 0.5) is 4.79 Å². The number of hydrogen-bond acceptors (Lipinski definition) is 4. The first-order valence-corrected chi connectivity index (χ1v) is 9.31. The highest BCUT2D eigenvalue weighted by atomic mass is 16.6. The van der Waals surface area contributed by atoms with Crippen LogP contribution in [0.15, 0.2) is 30.3 Å². The van der Waals surface area contributed by atoms with Gasteiger partial charge in [-0.05, 0) is 49.5 Å². The van der Waals surface area contributed by atoms with Crippen LogP contribution in [0.25, 0.3) is 0 Å². The normalized spacial score (nSPS) is 31.2. The number of aliphatic hydroxyl groups excluding tert-OH is 1. The van der Waals surface area contributed by atoms with Gasteiger partial charge in [0, 0.05) is 6.54 Å². The Morgan fingerprint density at radius 1 is 1.23 bits per heavy atom. The molecule has 26 heavy (non-hydrogen) atoms. The van der Waals surface area contributed by atoms with Crippen molar-refractivity contribution >= 4 is 12.1 Å². The van der Waals surface area contributed by atoms with E-state index >= 15 is 0 Å². The van der Waals surface area contributed by atoms with E-state index < -0.39 is 17.6 Å². The van der Waals surface area contributed by atoms with Crippen LogP contribution in [0.3, 0.4) is 0 Å². The lowest BCUT2D eigenvalue weighted by Crippen LogP contribution is -2.52. The predicted octanol–water partition coefficient (Wildman–Crippen LogP) is 3.18. The van der Waals surface area contributed by atoms with Crippen molar-refractivity contribution in [2.75, 3.05) is 6.54 Å². The number of nitrogens with zero attached hydrogens (tertiary/aromatic N) is 1. The molecule has 1 amide bonds. The van der Waals surface area contributed by atoms with Crippen molar-refractivity contribution in [1.82, 2.24) is 4.90 Å². The third kappa shape index (κ3) is 3.43. The fraction of sp³-hybridized carbons (Fsp3) is 0.600. The zero-order valence-corrected chi connectivity index (χ0v) is 15.2. The lowest BCUT2D eigenvalue weighted by atomic mass is 9.69. The number of carboxylic acids is 1. The van der Waals surface area contributed by atoms with Crippen molar-refractivity contribution in [3.8, 4) is 0 Å². The number of carbonyl (C=O) groups excluding carboxylic acids is 1. The van der Waals surface area contributed by atoms with Crippen LogP contribution >= 0.6 is 0 Å². The fourth-order valence-electron chi connectivity index (χ4n) is 4.50. The van der Waals surface area contributed by atoms with E-state index in [4.69, 9.17) is 4.74 Å². The second-order valence-corrected chi connectivity index (χ2v) is 7.72. The van der Waals surface area contributed by atoms with Gasteiger partial charge in [-0.3, -0.25) is 4.90 Å². The van der Waals surface area contributed by atoms with Gasteiger partial charge < -0.3 is 14.9 Å². The van der Waals surface area contributed by atoms with Crippen molar-refractivity contribution < 1.29 is 24.5 Å². The molecule has 142 valence electrons. The first kappa shape index (κ1) is 18.7. The summed E-state index contributed by atoms with van der Waals surface area (Å²) < 4.78 is 5.45. The molecule has 0 radical (unpaired) electrons. The number of carboxylic acid groups (broad SMARTS) is 1. The number of amides is 1. The Morgan fingerprint density at radius 2 is 1.88 bits per heavy atom. The molecule has 2 fully saturated rings. The van der Waals surface area contributed by atoms with Crippen LogP contribution in [-0.2, 0) is 16.1 Å². The minimum Gasteiger partial charge on any atom is -0.479 e. The molecule has 1 aromatic rings. The van der Waals surface area contributed by atoms with Crippen molar-refractivity contribution in [1.29, 1.82) is 0 Å². The highest BCUT2D eigenvalue weighted by Gasteiger charge is 2.59. The zero-order chi connectivity index (χ0) is 18.8. The first-order valence-electron chi connectivity index (χ1n) is 9.31. The van der Waals surface area contributed by atoms with Crippen molar-refractivity contribution in [2.24, 2.45) is 5.41 Å². The Morgan fingerprint density at radius 3 is 2.46 bits per heavy atom. The predicted molar refractivity (Wildman–Crippen MR) is 95.5 cm³/mol. The molecule has 1 saturated carbocycles. The van der Waals surface area contributed by atoms with Gasteiger partial charge in [-0.25, -0.2) is 9.59 Å². The number of benzene rings is 1. The lowest BCUT2D eigenvalue weighted by molar-refractivity contribution is -0.149. The highest BCUT2D eigenvalue weighted by molar-refractivity contribution is 5.85. The monoisotopic (exact) mass is 361 g/mol. The summed E-state index contributed by atoms with van der Waals surface area (Å²) in [7, 11) is 0. The summed E-state index contributed by atoms with van der Waals surface area (Å²) in [6.45, 7) is 2.32. The standard InChI is InChI=1S/C20H27NO5/c1-2-20(17(23)24)13-19(10-8-16(22)9-11-19)14-21(20)18(25)26-12-15-6-4-3-5-7-15/h3-7,16,22H,2,8-14H2,1H3,(H,23,24). The summed E-state index contributed by atoms with van der Waals surface area (Å²) in [6, 6.07) is 9.36. The number of rotatable bonds is 4. The van der Waals surface area contributed by atoms with Crippen molar-refractivity contribution in [2.45, 2.75) is 63.7 Å². The Kier molecular flexibility index (Phi) is 5.23. The Balaban J connectivity index is 1.78. The summed E-state index contributed by atoms with van der Waals surface area (Å²) in [5, 5.41) is 19.7. The average Bonchev–Trinajstić information content (AvgIpc) is 2.99. The van der Waals surface area contributed by atoms with E-state index in [0.717, 1.165) is 18.4 Å². The Hall–Kier alpha value is -2.08. The van der Waals surface area contributed by atoms with Gasteiger partial charge in [-0.15, -0.1) is 0 Å². The summed E-state index contributed by atoms with van der Waals surface area (Å²) in [4.78, 5) is 26.3. The zero-order valence-electron chi connectivity index (χ0n) is 15.2. The SMILES string of the molecule is CCC1(C(=O)O)CC2(CCC(O)CC2)CN1C(=O)OCc1ccccc1. The molecule has 6 nitrogen and oxygen atoms in total. The number of hydrogen-bond donors (Lipinski definition) is 2. The molecular weight excluding hydrogens is 334 g/mol. The average molecular weight is 361 g/mol. The number of likely N-dealkylation sites (tertiary alicyclic amines) is 1. The molecule has 1 heterocycles. The summed E-state index contributed by atoms with van der Waals surface area (Å²) in [5.41, 5.74) is -0.594. The van der Waals surface area contributed by atoms with E-state index in [1.54, 1.807) is 0 Å². The fourth-order valence-corrected chi connectivity index (χ4v) is 4.50. The molecule has 1 aromatic carbocycles. The molecule has 1 unspecified atom stereocenters. The smallest absolute Gasteiger partial charge is 0.411 e. The van der Waals surface area contributed by atoms with Crippen LogP contribution < -0.4 is 0 Å². The van der Waals surface area contributed by atoms with Gasteiger partial charge in [-0.2, -0.15) is 0 Å². The number of ether oxygens (including phenoxy) is 1. The largest absolute Gasteiger partial charge is 0.479 e. The molecule has 1 spiro atoms. The second-order valence-electron chi connectivity index (χ2n) is 7.72. The summed E-state index contributed by atoms with van der Waals surface area (Å²) in [5.74, 6) is -0.973. The molecule has 6 heteroatoms. The Bertz CT molecular complexity index is 653. The van der Waals surface area contributed by atoms with Crippen LogP contribution in [0.2, 0.25) is 0 Å². The van der Waals surface area contributed by atoms with Gasteiger partial charge in [0.05, 0.1) is 6.10 Å². The van der Waals surface area contributed by atoms with Gasteiger partial charge in [0.2, 0.25) is 0 Å². The number of carbonyl (C=O) groups is 2. The van der Waals surface area contributed by atoms with Gasteiger partial charge in [0.15, 0.2) is 0 Å². The molecule has 1 aliphatic heterocycles. The summed E-state index contributed by atoms with van der Waals surface area (Å²) >= 11 is 0. The maximum absolute atomic E-state index is 12.8. The minimum absolute atomic E-state index is 0.126. The molecule has 3 rings (SSSR count). The lowest BCUT2D eigenvalue weighted by Gasteiger charge is -2.35. The number of aliphatic hydroxyl groups is 1. The molecular formula is C20H27NO5. The first-order chi connectivity index (χ1) is 12.4. The van der Waals surface area contributed by atoms with Crippen LogP contribution in [-0.4, -0.2) is 45.4 Å². The van der Waals surface area contributed by atoms with Crippen LogP contribution in [0, 0.1) is 5.41 Å². The van der Waals surface area contributed by atoms with E-state index in [1.807, 2.05) is 37.3 Å². The van der Waals surface area contributed by atoms with Gasteiger partial charge in [-0.1, -0.05) is 37.3 Å². The van der Waals surface area contributed by atoms with Gasteiger partial charge in [0.25, 0.3) is 0 Å². The molecule has 1 saturated heterocycles. The molecule has 0 bridgehead atoms. The third-order valence-corrected chi connectivity index (χ3v) is 6.10. The van der Waals surface area contributed by atoms with Crippen LogP contribution in [0.5, 0.6) is 0 Å². The topological polar surface area (TPSA) is 87.1 Å². The molecule has 0 aromatic heterocycles. The quantitative estimate of drug-likeness (QED) is 0.860. The van der Waals surface area contributed by atoms with Crippen LogP contribution in [0.1, 0.15) is 51.0 Å². The van der Waals surface area contributed by atoms with E-state index in [9.17, 15) is 19.8 Å². The maximum atomic E-state index is 12.8. The molecule has 1 aliphatic carbocycles. The minimum atomic E-state index is -1.23. The van der Waals surface area contributed by atoms with E-state index in [0.29, 0.717) is 32.2 Å². The van der Waals surface area contributed by atoms with Gasteiger partial charge >= 0.3 is 12.1 Å². The van der Waals surface area contributed by atoms with Crippen molar-refractivity contribution in [3.63, 3.8) is 0 Å². The third-order valence-electron chi connectivity index (χ3n) is 6.10. The molecule has 1 atom stereocenters. The maximum Gasteiger partial charge on any atom is 0.411 e. The highest BCUT2D eigenvalue weighted by Crippen LogP contribution is 2.51. The van der Waals surface area contributed by atoms with E-state index in [1.165, 1.54) is 4.90 Å². The second kappa shape index (κ2) is 7.27. The molecule has 2 N–H and O–H groups in total. The van der Waals surface area contributed by atoms with Crippen molar-refractivity contribution in [3.05, 3.63) is 35.9 Å². The number of aliphatic carboxylic acids is 1. The summed E-state index contributed by atoms with van der Waals surface area (Å²) in [6.07, 6.45) is 2.68. The van der Waals surface area contributed by atoms with E-state index in [-0.39, 0.29) is 18.1 Å². The molecule has 2 aliphatic rings.